The number of thiophene rings is 1. The smallest absolute Gasteiger partial charge is 0.115 e. The van der Waals surface area contributed by atoms with Gasteiger partial charge in [-0.1, -0.05) is 31.4 Å². The first kappa shape index (κ1) is 14.2. The third kappa shape index (κ3) is 3.65. The van der Waals surface area contributed by atoms with E-state index in [-0.39, 0.29) is 0 Å². The summed E-state index contributed by atoms with van der Waals surface area (Å²) in [6, 6.07) is 2.07. The van der Waals surface area contributed by atoms with Crippen molar-refractivity contribution in [2.24, 2.45) is 0 Å². The standard InChI is InChI=1S/C12H15Br2N3S/c1-2-3-4-5-6-17-8-10(15-16-17)9-7-11(13)18-12(9)14/h7-8H,2-6H2,1H3. The number of nitrogens with zero attached hydrogens (tertiary/aromatic N) is 3. The lowest BCUT2D eigenvalue weighted by Crippen LogP contribution is -1.98. The molecule has 0 aliphatic carbocycles. The summed E-state index contributed by atoms with van der Waals surface area (Å²) in [5.74, 6) is 0. The number of halogens is 2. The minimum absolute atomic E-state index is 0.930. The van der Waals surface area contributed by atoms with E-state index >= 15 is 0 Å². The predicted molar refractivity (Wildman–Crippen MR) is 82.9 cm³/mol. The van der Waals surface area contributed by atoms with Crippen LogP contribution in [0.1, 0.15) is 32.6 Å². The second-order valence-corrected chi connectivity index (χ2v) is 7.91. The van der Waals surface area contributed by atoms with Crippen molar-refractivity contribution in [2.75, 3.05) is 0 Å². The van der Waals surface area contributed by atoms with Crippen LogP contribution in [0.2, 0.25) is 0 Å². The molecular formula is C12H15Br2N3S. The van der Waals surface area contributed by atoms with Crippen LogP contribution in [0.5, 0.6) is 0 Å². The fourth-order valence-electron chi connectivity index (χ4n) is 1.75. The van der Waals surface area contributed by atoms with Crippen molar-refractivity contribution in [1.82, 2.24) is 15.0 Å². The van der Waals surface area contributed by atoms with E-state index in [2.05, 4.69) is 55.2 Å². The summed E-state index contributed by atoms with van der Waals surface area (Å²) < 4.78 is 4.12. The molecule has 0 saturated heterocycles. The Kier molecular flexibility index (Phi) is 5.38. The molecule has 0 N–H and O–H groups in total. The number of unbranched alkanes of at least 4 members (excludes halogenated alkanes) is 3. The Morgan fingerprint density at radius 1 is 1.28 bits per heavy atom. The summed E-state index contributed by atoms with van der Waals surface area (Å²) in [5, 5.41) is 8.40. The lowest BCUT2D eigenvalue weighted by Gasteiger charge is -1.98. The van der Waals surface area contributed by atoms with Gasteiger partial charge >= 0.3 is 0 Å². The van der Waals surface area contributed by atoms with Crippen LogP contribution in [0.4, 0.5) is 0 Å². The van der Waals surface area contributed by atoms with E-state index in [1.54, 1.807) is 11.3 Å². The molecule has 0 unspecified atom stereocenters. The van der Waals surface area contributed by atoms with Gasteiger partial charge in [0.2, 0.25) is 0 Å². The highest BCUT2D eigenvalue weighted by Crippen LogP contribution is 2.37. The van der Waals surface area contributed by atoms with Gasteiger partial charge in [0.1, 0.15) is 5.69 Å². The molecule has 18 heavy (non-hydrogen) atoms. The van der Waals surface area contributed by atoms with Gasteiger partial charge in [0, 0.05) is 12.1 Å². The summed E-state index contributed by atoms with van der Waals surface area (Å²) in [6.07, 6.45) is 7.01. The summed E-state index contributed by atoms with van der Waals surface area (Å²) in [6.45, 7) is 3.18. The molecule has 0 spiro atoms. The largest absolute Gasteiger partial charge is 0.252 e. The Morgan fingerprint density at radius 2 is 2.11 bits per heavy atom. The van der Waals surface area contributed by atoms with Crippen molar-refractivity contribution in [3.8, 4) is 11.3 Å². The second-order valence-electron chi connectivity index (χ2n) is 4.17. The van der Waals surface area contributed by atoms with Gasteiger partial charge in [0.15, 0.2) is 0 Å². The molecule has 0 fully saturated rings. The molecule has 2 heterocycles. The molecule has 2 aromatic heterocycles. The van der Waals surface area contributed by atoms with Crippen LogP contribution < -0.4 is 0 Å². The minimum Gasteiger partial charge on any atom is -0.252 e. The van der Waals surface area contributed by atoms with Gasteiger partial charge < -0.3 is 0 Å². The van der Waals surface area contributed by atoms with Crippen molar-refractivity contribution in [2.45, 2.75) is 39.2 Å². The number of hydrogen-bond acceptors (Lipinski definition) is 3. The van der Waals surface area contributed by atoms with Crippen molar-refractivity contribution in [3.05, 3.63) is 19.8 Å². The fourth-order valence-corrected chi connectivity index (χ4v) is 4.57. The Bertz CT molecular complexity index is 507. The first-order valence-electron chi connectivity index (χ1n) is 6.06. The molecule has 0 aliphatic heterocycles. The van der Waals surface area contributed by atoms with Gasteiger partial charge in [-0.05, 0) is 44.3 Å². The van der Waals surface area contributed by atoms with Crippen molar-refractivity contribution in [3.63, 3.8) is 0 Å². The molecule has 0 radical (unpaired) electrons. The second kappa shape index (κ2) is 6.82. The van der Waals surface area contributed by atoms with Crippen LogP contribution >= 0.6 is 43.2 Å². The Hall–Kier alpha value is -0.200. The molecule has 3 nitrogen and oxygen atoms in total. The Morgan fingerprint density at radius 3 is 2.78 bits per heavy atom. The lowest BCUT2D eigenvalue weighted by atomic mass is 10.2. The van der Waals surface area contributed by atoms with Crippen LogP contribution in [0.25, 0.3) is 11.3 Å². The van der Waals surface area contributed by atoms with Gasteiger partial charge in [-0.3, -0.25) is 4.68 Å². The normalized spacial score (nSPS) is 11.1. The molecule has 98 valence electrons. The zero-order chi connectivity index (χ0) is 13.0. The van der Waals surface area contributed by atoms with Crippen LogP contribution in [-0.2, 0) is 6.54 Å². The van der Waals surface area contributed by atoms with Crippen LogP contribution in [0, 0.1) is 0 Å². The summed E-state index contributed by atoms with van der Waals surface area (Å²) in [5.41, 5.74) is 2.03. The molecule has 0 bridgehead atoms. The average Bonchev–Trinajstić information content (AvgIpc) is 2.91. The summed E-state index contributed by atoms with van der Waals surface area (Å²) >= 11 is 8.68. The number of aromatic nitrogens is 3. The van der Waals surface area contributed by atoms with E-state index in [1.807, 2.05) is 10.9 Å². The topological polar surface area (TPSA) is 30.7 Å². The third-order valence-corrected chi connectivity index (χ3v) is 5.05. The molecule has 2 rings (SSSR count). The van der Waals surface area contributed by atoms with Crippen molar-refractivity contribution in [1.29, 1.82) is 0 Å². The maximum Gasteiger partial charge on any atom is 0.115 e. The van der Waals surface area contributed by atoms with E-state index in [1.165, 1.54) is 25.7 Å². The summed E-state index contributed by atoms with van der Waals surface area (Å²) in [7, 11) is 0. The van der Waals surface area contributed by atoms with Gasteiger partial charge in [-0.15, -0.1) is 16.4 Å². The molecule has 2 aromatic rings. The SMILES string of the molecule is CCCCCCn1cc(-c2cc(Br)sc2Br)nn1. The first-order valence-corrected chi connectivity index (χ1v) is 8.46. The number of aryl methyl sites for hydroxylation is 1. The first-order chi connectivity index (χ1) is 8.70. The summed E-state index contributed by atoms with van der Waals surface area (Å²) in [4.78, 5) is 0. The molecule has 0 amide bonds. The average molecular weight is 393 g/mol. The van der Waals surface area contributed by atoms with E-state index in [4.69, 9.17) is 0 Å². The Labute approximate surface area is 128 Å². The maximum atomic E-state index is 4.23. The fraction of sp³-hybridized carbons (Fsp3) is 0.500. The van der Waals surface area contributed by atoms with Gasteiger partial charge in [-0.2, -0.15) is 0 Å². The zero-order valence-corrected chi connectivity index (χ0v) is 14.2. The lowest BCUT2D eigenvalue weighted by molar-refractivity contribution is 0.527. The maximum absolute atomic E-state index is 4.23. The molecule has 0 saturated carbocycles. The molecule has 0 aromatic carbocycles. The van der Waals surface area contributed by atoms with E-state index in [9.17, 15) is 0 Å². The van der Waals surface area contributed by atoms with Crippen molar-refractivity contribution >= 4 is 43.2 Å². The van der Waals surface area contributed by atoms with Gasteiger partial charge in [-0.25, -0.2) is 0 Å². The van der Waals surface area contributed by atoms with Crippen molar-refractivity contribution < 1.29 is 0 Å². The van der Waals surface area contributed by atoms with E-state index in [0.29, 0.717) is 0 Å². The molecule has 0 aliphatic rings. The van der Waals surface area contributed by atoms with E-state index in [0.717, 1.165) is 25.4 Å². The van der Waals surface area contributed by atoms with Gasteiger partial charge in [0.25, 0.3) is 0 Å². The number of rotatable bonds is 6. The number of hydrogen-bond donors (Lipinski definition) is 0. The molecular weight excluding hydrogens is 378 g/mol. The monoisotopic (exact) mass is 391 g/mol. The van der Waals surface area contributed by atoms with Crippen LogP contribution in [0.15, 0.2) is 19.8 Å². The predicted octanol–water partition coefficient (Wildman–Crippen LogP) is 5.11. The zero-order valence-electron chi connectivity index (χ0n) is 10.2. The van der Waals surface area contributed by atoms with E-state index < -0.39 is 0 Å². The highest BCUT2D eigenvalue weighted by Gasteiger charge is 2.11. The highest BCUT2D eigenvalue weighted by atomic mass is 79.9. The van der Waals surface area contributed by atoms with Gasteiger partial charge in [0.05, 0.1) is 13.8 Å². The van der Waals surface area contributed by atoms with Crippen LogP contribution in [-0.4, -0.2) is 15.0 Å². The molecule has 0 atom stereocenters. The Balaban J connectivity index is 1.99. The molecule has 6 heteroatoms. The highest BCUT2D eigenvalue weighted by molar-refractivity contribution is 9.12. The van der Waals surface area contributed by atoms with Crippen LogP contribution in [0.3, 0.4) is 0 Å². The quantitative estimate of drug-likeness (QED) is 0.639. The minimum atomic E-state index is 0.930. The third-order valence-electron chi connectivity index (χ3n) is 2.71.